The number of hydrogen-bond acceptors (Lipinski definition) is 5. The number of carbonyl (C=O) groups excluding carboxylic acids is 2. The van der Waals surface area contributed by atoms with Crippen LogP contribution in [-0.2, 0) is 9.53 Å². The molecule has 0 radical (unpaired) electrons. The number of pyridine rings is 1. The molecule has 1 saturated heterocycles. The first-order valence-corrected chi connectivity index (χ1v) is 12.7. The van der Waals surface area contributed by atoms with E-state index in [-0.39, 0.29) is 30.2 Å². The van der Waals surface area contributed by atoms with Crippen LogP contribution < -0.4 is 10.6 Å². The third-order valence-electron chi connectivity index (χ3n) is 6.56. The van der Waals surface area contributed by atoms with Crippen LogP contribution in [0.1, 0.15) is 40.3 Å². The minimum Gasteiger partial charge on any atom is -0.465 e. The highest BCUT2D eigenvalue weighted by molar-refractivity contribution is 7.80. The second kappa shape index (κ2) is 11.4. The van der Waals surface area contributed by atoms with Gasteiger partial charge in [0.15, 0.2) is 5.11 Å². The fraction of sp³-hybridized carbons (Fsp3) is 0.172. The van der Waals surface area contributed by atoms with E-state index in [0.29, 0.717) is 22.9 Å². The second-order valence-electron chi connectivity index (χ2n) is 8.97. The number of aromatic nitrogens is 2. The maximum Gasteiger partial charge on any atom is 0.337 e. The highest BCUT2D eigenvalue weighted by Crippen LogP contribution is 2.39. The van der Waals surface area contributed by atoms with E-state index >= 15 is 0 Å². The summed E-state index contributed by atoms with van der Waals surface area (Å²) in [5.41, 5.74) is 3.59. The summed E-state index contributed by atoms with van der Waals surface area (Å²) in [6.45, 7) is 0.347. The molecule has 1 aliphatic heterocycles. The van der Waals surface area contributed by atoms with E-state index in [9.17, 15) is 14.0 Å². The Morgan fingerprint density at radius 2 is 1.82 bits per heavy atom. The third kappa shape index (κ3) is 5.65. The number of rotatable bonds is 8. The fourth-order valence-electron chi connectivity index (χ4n) is 4.69. The Morgan fingerprint density at radius 3 is 2.51 bits per heavy atom. The van der Waals surface area contributed by atoms with Crippen LogP contribution >= 0.6 is 12.2 Å². The molecule has 1 amide bonds. The molecule has 8 nitrogen and oxygen atoms in total. The molecule has 2 aromatic carbocycles. The Balaban J connectivity index is 1.43. The first-order valence-electron chi connectivity index (χ1n) is 12.3. The van der Waals surface area contributed by atoms with Gasteiger partial charge in [0.2, 0.25) is 5.91 Å². The molecule has 198 valence electrons. The summed E-state index contributed by atoms with van der Waals surface area (Å²) in [5, 5.41) is 6.71. The zero-order chi connectivity index (χ0) is 27.4. The molecule has 2 unspecified atom stereocenters. The van der Waals surface area contributed by atoms with Gasteiger partial charge in [-0.05, 0) is 85.0 Å². The Labute approximate surface area is 230 Å². The molecule has 0 spiro atoms. The third-order valence-corrected chi connectivity index (χ3v) is 6.91. The monoisotopic (exact) mass is 543 g/mol. The van der Waals surface area contributed by atoms with E-state index < -0.39 is 5.97 Å². The average molecular weight is 544 g/mol. The molecule has 0 aliphatic carbocycles. The van der Waals surface area contributed by atoms with Gasteiger partial charge in [0.05, 0.1) is 30.5 Å². The number of methoxy groups -OCH3 is 1. The van der Waals surface area contributed by atoms with E-state index in [2.05, 4.69) is 15.6 Å². The van der Waals surface area contributed by atoms with Gasteiger partial charge < -0.3 is 24.8 Å². The van der Waals surface area contributed by atoms with Crippen LogP contribution in [-0.4, -0.2) is 45.1 Å². The predicted octanol–water partition coefficient (Wildman–Crippen LogP) is 4.80. The molecule has 10 heteroatoms. The van der Waals surface area contributed by atoms with Gasteiger partial charge in [0.25, 0.3) is 0 Å². The van der Waals surface area contributed by atoms with Crippen molar-refractivity contribution in [3.63, 3.8) is 0 Å². The number of benzene rings is 2. The van der Waals surface area contributed by atoms with Crippen molar-refractivity contribution in [2.75, 3.05) is 19.0 Å². The van der Waals surface area contributed by atoms with Crippen LogP contribution in [0.4, 0.5) is 10.1 Å². The van der Waals surface area contributed by atoms with Crippen LogP contribution in [0.15, 0.2) is 91.3 Å². The molecule has 0 bridgehead atoms. The summed E-state index contributed by atoms with van der Waals surface area (Å²) >= 11 is 5.74. The Hall–Kier alpha value is -4.57. The van der Waals surface area contributed by atoms with Crippen molar-refractivity contribution in [2.45, 2.75) is 18.5 Å². The van der Waals surface area contributed by atoms with E-state index in [0.717, 1.165) is 17.1 Å². The summed E-state index contributed by atoms with van der Waals surface area (Å²) in [4.78, 5) is 31.2. The van der Waals surface area contributed by atoms with Gasteiger partial charge in [0.1, 0.15) is 5.82 Å². The topological polar surface area (TPSA) is 88.5 Å². The first-order chi connectivity index (χ1) is 18.9. The number of anilines is 1. The molecule has 39 heavy (non-hydrogen) atoms. The van der Waals surface area contributed by atoms with Crippen molar-refractivity contribution in [3.05, 3.63) is 114 Å². The van der Waals surface area contributed by atoms with E-state index in [1.165, 1.54) is 31.4 Å². The highest BCUT2D eigenvalue weighted by Gasteiger charge is 2.41. The molecule has 1 aliphatic rings. The van der Waals surface area contributed by atoms with Crippen molar-refractivity contribution in [2.24, 2.45) is 0 Å². The van der Waals surface area contributed by atoms with Crippen LogP contribution in [0.2, 0.25) is 0 Å². The van der Waals surface area contributed by atoms with Crippen molar-refractivity contribution >= 4 is 34.9 Å². The summed E-state index contributed by atoms with van der Waals surface area (Å²) in [6.07, 6.45) is 3.85. The summed E-state index contributed by atoms with van der Waals surface area (Å²) in [5.74, 6) is -0.981. The molecule has 2 N–H and O–H groups in total. The van der Waals surface area contributed by atoms with Crippen molar-refractivity contribution in [3.8, 4) is 5.69 Å². The molecule has 2 aromatic heterocycles. The molecule has 5 rings (SSSR count). The predicted molar refractivity (Wildman–Crippen MR) is 149 cm³/mol. The number of nitrogens with one attached hydrogen (secondary N) is 2. The van der Waals surface area contributed by atoms with Gasteiger partial charge in [-0.15, -0.1) is 0 Å². The maximum atomic E-state index is 13.2. The lowest BCUT2D eigenvalue weighted by Crippen LogP contribution is -2.33. The molecule has 1 fully saturated rings. The van der Waals surface area contributed by atoms with E-state index in [4.69, 9.17) is 17.0 Å². The van der Waals surface area contributed by atoms with E-state index in [1.807, 2.05) is 58.1 Å². The largest absolute Gasteiger partial charge is 0.465 e. The lowest BCUT2D eigenvalue weighted by Gasteiger charge is -2.29. The molecular weight excluding hydrogens is 517 g/mol. The van der Waals surface area contributed by atoms with Crippen LogP contribution in [0.5, 0.6) is 0 Å². The Bertz CT molecular complexity index is 1480. The smallest absolute Gasteiger partial charge is 0.337 e. The molecule has 0 saturated carbocycles. The highest BCUT2D eigenvalue weighted by atomic mass is 32.1. The second-order valence-corrected chi connectivity index (χ2v) is 9.35. The SMILES string of the molecule is COC(=O)c1ccc(-n2cccc2C2C(c3ccccn3)NC(=S)N2CCC(=O)Nc2ccc(F)cc2)cc1. The minimum atomic E-state index is -0.403. The average Bonchev–Trinajstić information content (AvgIpc) is 3.57. The fourth-order valence-corrected chi connectivity index (χ4v) is 5.02. The van der Waals surface area contributed by atoms with Crippen molar-refractivity contribution in [1.82, 2.24) is 19.8 Å². The van der Waals surface area contributed by atoms with Crippen molar-refractivity contribution < 1.29 is 18.7 Å². The van der Waals surface area contributed by atoms with Gasteiger partial charge in [-0.1, -0.05) is 6.07 Å². The maximum absolute atomic E-state index is 13.2. The number of amides is 1. The Morgan fingerprint density at radius 1 is 1.05 bits per heavy atom. The number of nitrogens with zero attached hydrogens (tertiary/aromatic N) is 3. The number of halogens is 1. The quantitative estimate of drug-likeness (QED) is 0.244. The van der Waals surface area contributed by atoms with Gasteiger partial charge in [-0.2, -0.15) is 0 Å². The van der Waals surface area contributed by atoms with Gasteiger partial charge >= 0.3 is 5.97 Å². The zero-order valence-corrected chi connectivity index (χ0v) is 21.9. The number of esters is 1. The molecule has 2 atom stereocenters. The van der Waals surface area contributed by atoms with Crippen LogP contribution in [0.3, 0.4) is 0 Å². The number of ether oxygens (including phenoxy) is 1. The minimum absolute atomic E-state index is 0.166. The van der Waals surface area contributed by atoms with Crippen LogP contribution in [0.25, 0.3) is 5.69 Å². The summed E-state index contributed by atoms with van der Waals surface area (Å²) in [6, 6.07) is 21.9. The summed E-state index contributed by atoms with van der Waals surface area (Å²) in [7, 11) is 1.35. The lowest BCUT2D eigenvalue weighted by molar-refractivity contribution is -0.116. The van der Waals surface area contributed by atoms with Gasteiger partial charge in [-0.3, -0.25) is 9.78 Å². The Kier molecular flexibility index (Phi) is 7.64. The van der Waals surface area contributed by atoms with Gasteiger partial charge in [0, 0.05) is 42.4 Å². The normalized spacial score (nSPS) is 16.6. The zero-order valence-electron chi connectivity index (χ0n) is 21.1. The van der Waals surface area contributed by atoms with Crippen LogP contribution in [0, 0.1) is 5.82 Å². The summed E-state index contributed by atoms with van der Waals surface area (Å²) < 4.78 is 20.1. The van der Waals surface area contributed by atoms with Gasteiger partial charge in [-0.25, -0.2) is 9.18 Å². The number of thiocarbonyl (C=S) groups is 1. The van der Waals surface area contributed by atoms with E-state index in [1.54, 1.807) is 18.3 Å². The lowest BCUT2D eigenvalue weighted by atomic mass is 10.0. The molecular formula is C29H26FN5O3S. The number of hydrogen-bond donors (Lipinski definition) is 2. The standard InChI is InChI=1S/C29H26FN5O3S/c1-38-28(37)19-7-13-22(14-8-19)34-17-4-6-24(34)27-26(23-5-2-3-16-31-23)33-29(39)35(27)18-15-25(36)32-21-11-9-20(30)10-12-21/h2-14,16-17,26-27H,15,18H2,1H3,(H,32,36)(H,33,39). The molecule has 3 heterocycles. The first kappa shape index (κ1) is 26.1. The number of carbonyl (C=O) groups is 2. The molecule has 4 aromatic rings. The van der Waals surface area contributed by atoms with Crippen molar-refractivity contribution in [1.29, 1.82) is 0 Å².